The van der Waals surface area contributed by atoms with E-state index in [1.807, 2.05) is 42.0 Å². The van der Waals surface area contributed by atoms with Gasteiger partial charge in [-0.25, -0.2) is 0 Å². The first-order valence-electron chi connectivity index (χ1n) is 8.38. The molecule has 1 aromatic carbocycles. The molecule has 2 N–H and O–H groups in total. The molecule has 1 unspecified atom stereocenters. The van der Waals surface area contributed by atoms with Gasteiger partial charge in [-0.05, 0) is 31.0 Å². The molecule has 0 aliphatic heterocycles. The first-order chi connectivity index (χ1) is 11.7. The van der Waals surface area contributed by atoms with E-state index in [4.69, 9.17) is 4.99 Å². The maximum atomic E-state index is 4.70. The summed E-state index contributed by atoms with van der Waals surface area (Å²) >= 11 is 1.85. The summed E-state index contributed by atoms with van der Waals surface area (Å²) in [4.78, 5) is 5.99. The molecule has 0 aliphatic rings. The molecular weight excluding hydrogens is 318 g/mol. The topological polar surface area (TPSA) is 54.2 Å². The van der Waals surface area contributed by atoms with Gasteiger partial charge < -0.3 is 10.6 Å². The summed E-state index contributed by atoms with van der Waals surface area (Å²) in [6, 6.07) is 10.5. The van der Waals surface area contributed by atoms with Crippen LogP contribution < -0.4 is 10.6 Å². The standard InChI is InChI=1S/C18H27N5S/c1-4-19-18(20-11-10-16-13-22-23(3)14-16)21-12-15(2)24-17-8-6-5-7-9-17/h5-9,13-15H,4,10-12H2,1-3H3,(H2,19,20,21). The number of hydrogen-bond donors (Lipinski definition) is 2. The molecular formula is C18H27N5S. The quantitative estimate of drug-likeness (QED) is 0.439. The lowest BCUT2D eigenvalue weighted by Crippen LogP contribution is -2.38. The van der Waals surface area contributed by atoms with E-state index in [0.29, 0.717) is 5.25 Å². The van der Waals surface area contributed by atoms with Crippen molar-refractivity contribution >= 4 is 17.7 Å². The third kappa shape index (κ3) is 6.66. The van der Waals surface area contributed by atoms with Crippen molar-refractivity contribution in [2.24, 2.45) is 12.0 Å². The first kappa shape index (κ1) is 18.4. The Morgan fingerprint density at radius 3 is 2.75 bits per heavy atom. The van der Waals surface area contributed by atoms with E-state index < -0.39 is 0 Å². The number of rotatable bonds is 8. The fourth-order valence-electron chi connectivity index (χ4n) is 2.26. The molecule has 1 aromatic heterocycles. The van der Waals surface area contributed by atoms with Crippen molar-refractivity contribution in [3.8, 4) is 0 Å². The van der Waals surface area contributed by atoms with Crippen LogP contribution in [0.3, 0.4) is 0 Å². The summed E-state index contributed by atoms with van der Waals surface area (Å²) in [5.41, 5.74) is 1.23. The van der Waals surface area contributed by atoms with E-state index in [-0.39, 0.29) is 0 Å². The number of nitrogens with one attached hydrogen (secondary N) is 2. The van der Waals surface area contributed by atoms with Gasteiger partial charge in [0.1, 0.15) is 0 Å². The van der Waals surface area contributed by atoms with Crippen molar-refractivity contribution in [3.63, 3.8) is 0 Å². The summed E-state index contributed by atoms with van der Waals surface area (Å²) in [6.07, 6.45) is 4.89. The number of aryl methyl sites for hydroxylation is 1. The summed E-state index contributed by atoms with van der Waals surface area (Å²) in [5.74, 6) is 0.877. The molecule has 0 saturated carbocycles. The average Bonchev–Trinajstić information content (AvgIpc) is 2.99. The van der Waals surface area contributed by atoms with Crippen LogP contribution in [0.25, 0.3) is 0 Å². The molecule has 5 nitrogen and oxygen atoms in total. The van der Waals surface area contributed by atoms with Crippen molar-refractivity contribution in [1.82, 2.24) is 20.4 Å². The lowest BCUT2D eigenvalue weighted by Gasteiger charge is -2.13. The van der Waals surface area contributed by atoms with Crippen LogP contribution in [0.2, 0.25) is 0 Å². The van der Waals surface area contributed by atoms with Gasteiger partial charge in [0.05, 0.1) is 12.7 Å². The maximum absolute atomic E-state index is 4.70. The highest BCUT2D eigenvalue weighted by atomic mass is 32.2. The highest BCUT2D eigenvalue weighted by molar-refractivity contribution is 8.00. The molecule has 6 heteroatoms. The molecule has 0 spiro atoms. The average molecular weight is 346 g/mol. The summed E-state index contributed by atoms with van der Waals surface area (Å²) in [7, 11) is 1.94. The zero-order chi connectivity index (χ0) is 17.2. The zero-order valence-electron chi connectivity index (χ0n) is 14.7. The third-order valence-electron chi connectivity index (χ3n) is 3.40. The number of guanidine groups is 1. The summed E-state index contributed by atoms with van der Waals surface area (Å²) in [5, 5.41) is 11.3. The van der Waals surface area contributed by atoms with Gasteiger partial charge in [-0.1, -0.05) is 25.1 Å². The Balaban J connectivity index is 1.78. The lowest BCUT2D eigenvalue weighted by molar-refractivity contribution is 0.764. The van der Waals surface area contributed by atoms with E-state index in [0.717, 1.165) is 32.0 Å². The van der Waals surface area contributed by atoms with E-state index in [9.17, 15) is 0 Å². The smallest absolute Gasteiger partial charge is 0.191 e. The van der Waals surface area contributed by atoms with Crippen LogP contribution in [0.4, 0.5) is 0 Å². The number of aliphatic imine (C=N–C) groups is 1. The first-order valence-corrected chi connectivity index (χ1v) is 9.26. The van der Waals surface area contributed by atoms with Crippen LogP contribution >= 0.6 is 11.8 Å². The molecule has 1 atom stereocenters. The maximum Gasteiger partial charge on any atom is 0.191 e. The van der Waals surface area contributed by atoms with E-state index in [2.05, 4.69) is 53.8 Å². The highest BCUT2D eigenvalue weighted by Gasteiger charge is 2.05. The van der Waals surface area contributed by atoms with Gasteiger partial charge in [-0.15, -0.1) is 11.8 Å². The van der Waals surface area contributed by atoms with Gasteiger partial charge in [0.15, 0.2) is 5.96 Å². The molecule has 0 saturated heterocycles. The normalized spacial score (nSPS) is 12.9. The second-order valence-corrected chi connectivity index (χ2v) is 7.17. The fraction of sp³-hybridized carbons (Fsp3) is 0.444. The van der Waals surface area contributed by atoms with Crippen LogP contribution in [-0.2, 0) is 13.5 Å². The Morgan fingerprint density at radius 2 is 2.08 bits per heavy atom. The number of hydrogen-bond acceptors (Lipinski definition) is 3. The van der Waals surface area contributed by atoms with Gasteiger partial charge in [0.25, 0.3) is 0 Å². The van der Waals surface area contributed by atoms with Gasteiger partial charge in [0.2, 0.25) is 0 Å². The molecule has 0 fully saturated rings. The lowest BCUT2D eigenvalue weighted by atomic mass is 10.2. The van der Waals surface area contributed by atoms with E-state index >= 15 is 0 Å². The highest BCUT2D eigenvalue weighted by Crippen LogP contribution is 2.22. The summed E-state index contributed by atoms with van der Waals surface area (Å²) < 4.78 is 1.83. The molecule has 0 bridgehead atoms. The second kappa shape index (κ2) is 10.0. The van der Waals surface area contributed by atoms with Crippen LogP contribution in [0.5, 0.6) is 0 Å². The van der Waals surface area contributed by atoms with Crippen molar-refractivity contribution in [2.45, 2.75) is 30.4 Å². The molecule has 130 valence electrons. The monoisotopic (exact) mass is 345 g/mol. The van der Waals surface area contributed by atoms with Gasteiger partial charge in [-0.2, -0.15) is 5.10 Å². The van der Waals surface area contributed by atoms with Gasteiger partial charge in [-0.3, -0.25) is 9.67 Å². The van der Waals surface area contributed by atoms with Crippen LogP contribution in [0, 0.1) is 0 Å². The van der Waals surface area contributed by atoms with E-state index in [1.165, 1.54) is 10.5 Å². The number of aromatic nitrogens is 2. The van der Waals surface area contributed by atoms with Crippen molar-refractivity contribution in [2.75, 3.05) is 19.6 Å². The van der Waals surface area contributed by atoms with Gasteiger partial charge >= 0.3 is 0 Å². The van der Waals surface area contributed by atoms with Crippen LogP contribution in [0.1, 0.15) is 19.4 Å². The van der Waals surface area contributed by atoms with Crippen LogP contribution in [0.15, 0.2) is 52.6 Å². The minimum absolute atomic E-state index is 0.432. The predicted octanol–water partition coefficient (Wildman–Crippen LogP) is 2.70. The van der Waals surface area contributed by atoms with Crippen molar-refractivity contribution < 1.29 is 0 Å². The molecule has 24 heavy (non-hydrogen) atoms. The SMILES string of the molecule is CCNC(=NCC(C)Sc1ccccc1)NCCc1cnn(C)c1. The molecule has 0 aliphatic carbocycles. The Hall–Kier alpha value is -1.95. The molecule has 2 aromatic rings. The summed E-state index contributed by atoms with van der Waals surface area (Å²) in [6.45, 7) is 6.78. The Kier molecular flexibility index (Phi) is 7.68. The molecule has 2 rings (SSSR count). The molecule has 1 heterocycles. The second-order valence-electron chi connectivity index (χ2n) is 5.66. The third-order valence-corrected chi connectivity index (χ3v) is 4.49. The minimum atomic E-state index is 0.432. The van der Waals surface area contributed by atoms with Crippen molar-refractivity contribution in [1.29, 1.82) is 0 Å². The Labute approximate surface area is 148 Å². The number of nitrogens with zero attached hydrogens (tertiary/aromatic N) is 3. The van der Waals surface area contributed by atoms with Crippen LogP contribution in [-0.4, -0.2) is 40.6 Å². The fourth-order valence-corrected chi connectivity index (χ4v) is 3.18. The molecule has 0 radical (unpaired) electrons. The molecule has 0 amide bonds. The predicted molar refractivity (Wildman–Crippen MR) is 103 cm³/mol. The van der Waals surface area contributed by atoms with E-state index in [1.54, 1.807) is 0 Å². The number of benzene rings is 1. The number of thioether (sulfide) groups is 1. The largest absolute Gasteiger partial charge is 0.357 e. The zero-order valence-corrected chi connectivity index (χ0v) is 15.5. The minimum Gasteiger partial charge on any atom is -0.357 e. The van der Waals surface area contributed by atoms with Crippen molar-refractivity contribution in [3.05, 3.63) is 48.3 Å². The Bertz CT molecular complexity index is 623. The van der Waals surface area contributed by atoms with Gasteiger partial charge in [0, 0.05) is 36.5 Å². The Morgan fingerprint density at radius 1 is 1.29 bits per heavy atom.